The van der Waals surface area contributed by atoms with Crippen molar-refractivity contribution in [2.45, 2.75) is 13.0 Å². The summed E-state index contributed by atoms with van der Waals surface area (Å²) in [5, 5.41) is 1.86. The highest BCUT2D eigenvalue weighted by Crippen LogP contribution is 2.27. The van der Waals surface area contributed by atoms with Crippen molar-refractivity contribution in [2.75, 3.05) is 36.0 Å². The minimum atomic E-state index is -0.434. The number of carbonyl (C=O) groups is 2. The van der Waals surface area contributed by atoms with Gasteiger partial charge in [-0.25, -0.2) is 4.98 Å². The molecule has 2 saturated heterocycles. The number of pyridine rings is 1. The summed E-state index contributed by atoms with van der Waals surface area (Å²) in [6.45, 7) is 3.41. The molecule has 2 aliphatic rings. The number of nitrogens with one attached hydrogen (secondary N) is 1. The molecular formula is C23H22N6O4S. The number of imide groups is 1. The predicted molar refractivity (Wildman–Crippen MR) is 127 cm³/mol. The number of hydrogen-bond acceptors (Lipinski definition) is 10. The summed E-state index contributed by atoms with van der Waals surface area (Å²) in [6.07, 6.45) is 7.67. The van der Waals surface area contributed by atoms with Crippen molar-refractivity contribution in [3.8, 4) is 5.88 Å². The van der Waals surface area contributed by atoms with Crippen LogP contribution in [0.5, 0.6) is 5.88 Å². The van der Waals surface area contributed by atoms with Gasteiger partial charge in [-0.2, -0.15) is 4.98 Å². The van der Waals surface area contributed by atoms with Crippen LogP contribution in [0, 0.1) is 0 Å². The molecule has 174 valence electrons. The molecule has 2 amide bonds. The zero-order valence-electron chi connectivity index (χ0n) is 18.2. The summed E-state index contributed by atoms with van der Waals surface area (Å²) in [5.41, 5.74) is 1.62. The van der Waals surface area contributed by atoms with Gasteiger partial charge < -0.3 is 19.0 Å². The highest BCUT2D eigenvalue weighted by molar-refractivity contribution is 8.18. The van der Waals surface area contributed by atoms with Crippen LogP contribution in [-0.4, -0.2) is 52.3 Å². The van der Waals surface area contributed by atoms with Crippen molar-refractivity contribution in [3.05, 3.63) is 65.3 Å². The maximum absolute atomic E-state index is 12.0. The number of furan rings is 1. The van der Waals surface area contributed by atoms with Crippen molar-refractivity contribution < 1.29 is 18.7 Å². The van der Waals surface area contributed by atoms with Crippen LogP contribution in [-0.2, 0) is 11.4 Å². The van der Waals surface area contributed by atoms with Crippen LogP contribution in [0.2, 0.25) is 0 Å². The lowest BCUT2D eigenvalue weighted by molar-refractivity contribution is -0.115. The summed E-state index contributed by atoms with van der Waals surface area (Å²) >= 11 is 0.848. The van der Waals surface area contributed by atoms with E-state index in [2.05, 4.69) is 30.1 Å². The van der Waals surface area contributed by atoms with Gasteiger partial charge >= 0.3 is 0 Å². The molecule has 5 rings (SSSR count). The summed E-state index contributed by atoms with van der Waals surface area (Å²) in [4.78, 5) is 41.7. The molecule has 0 radical (unpaired) electrons. The van der Waals surface area contributed by atoms with Gasteiger partial charge in [0.25, 0.3) is 11.1 Å². The number of aromatic nitrogens is 3. The Morgan fingerprint density at radius 3 is 2.68 bits per heavy atom. The van der Waals surface area contributed by atoms with E-state index in [0.29, 0.717) is 29.8 Å². The number of hydrogen-bond donors (Lipinski definition) is 1. The second-order valence-electron chi connectivity index (χ2n) is 7.68. The van der Waals surface area contributed by atoms with E-state index in [9.17, 15) is 9.59 Å². The van der Waals surface area contributed by atoms with Crippen LogP contribution in [0.4, 0.5) is 16.4 Å². The van der Waals surface area contributed by atoms with E-state index in [1.54, 1.807) is 36.9 Å². The Morgan fingerprint density at radius 1 is 1.09 bits per heavy atom. The molecule has 34 heavy (non-hydrogen) atoms. The first kappa shape index (κ1) is 22.0. The number of amides is 2. The number of ether oxygens (including phenoxy) is 1. The molecule has 10 nitrogen and oxygen atoms in total. The van der Waals surface area contributed by atoms with Gasteiger partial charge in [-0.3, -0.25) is 19.9 Å². The molecule has 0 unspecified atom stereocenters. The smallest absolute Gasteiger partial charge is 0.290 e. The molecule has 3 aromatic rings. The van der Waals surface area contributed by atoms with Crippen LogP contribution in [0.25, 0.3) is 6.08 Å². The molecule has 0 atom stereocenters. The monoisotopic (exact) mass is 478 g/mol. The van der Waals surface area contributed by atoms with E-state index in [1.165, 1.54) is 0 Å². The maximum atomic E-state index is 12.0. The fourth-order valence-electron chi connectivity index (χ4n) is 3.75. The average molecular weight is 479 g/mol. The number of thioether (sulfide) groups is 1. The minimum Gasteiger partial charge on any atom is -0.469 e. The van der Waals surface area contributed by atoms with Crippen molar-refractivity contribution in [3.63, 3.8) is 0 Å². The lowest BCUT2D eigenvalue weighted by atomic mass is 10.3. The summed E-state index contributed by atoms with van der Waals surface area (Å²) in [7, 11) is 0. The van der Waals surface area contributed by atoms with Crippen molar-refractivity contribution in [2.24, 2.45) is 0 Å². The Labute approximate surface area is 200 Å². The van der Waals surface area contributed by atoms with Gasteiger partial charge in [-0.05, 0) is 48.5 Å². The number of anilines is 2. The first-order valence-electron chi connectivity index (χ1n) is 10.8. The van der Waals surface area contributed by atoms with Crippen molar-refractivity contribution in [1.29, 1.82) is 0 Å². The second kappa shape index (κ2) is 9.96. The minimum absolute atomic E-state index is 0.211. The first-order valence-corrected chi connectivity index (χ1v) is 11.6. The Bertz CT molecular complexity index is 1200. The van der Waals surface area contributed by atoms with Gasteiger partial charge in [-0.15, -0.1) is 0 Å². The van der Waals surface area contributed by atoms with Gasteiger partial charge in [0.15, 0.2) is 0 Å². The largest absolute Gasteiger partial charge is 0.469 e. The Hall–Kier alpha value is -3.86. The average Bonchev–Trinajstić information content (AvgIpc) is 3.39. The summed E-state index contributed by atoms with van der Waals surface area (Å²) < 4.78 is 11.2. The van der Waals surface area contributed by atoms with Gasteiger partial charge in [0.05, 0.1) is 16.9 Å². The van der Waals surface area contributed by atoms with E-state index < -0.39 is 11.1 Å². The van der Waals surface area contributed by atoms with Crippen LogP contribution >= 0.6 is 11.8 Å². The van der Waals surface area contributed by atoms with E-state index >= 15 is 0 Å². The fourth-order valence-corrected chi connectivity index (χ4v) is 4.41. The lowest BCUT2D eigenvalue weighted by Crippen LogP contribution is -2.31. The van der Waals surface area contributed by atoms with Gasteiger partial charge in [-0.1, -0.05) is 0 Å². The van der Waals surface area contributed by atoms with Crippen LogP contribution < -0.4 is 19.9 Å². The topological polar surface area (TPSA) is 114 Å². The third kappa shape index (κ3) is 5.20. The molecule has 2 fully saturated rings. The predicted octanol–water partition coefficient (Wildman–Crippen LogP) is 3.08. The highest BCUT2D eigenvalue weighted by atomic mass is 32.2. The summed E-state index contributed by atoms with van der Waals surface area (Å²) in [5.74, 6) is 1.10. The molecule has 0 aliphatic carbocycles. The zero-order valence-corrected chi connectivity index (χ0v) is 19.0. The Balaban J connectivity index is 1.39. The van der Waals surface area contributed by atoms with E-state index in [0.717, 1.165) is 43.5 Å². The molecule has 0 aromatic carbocycles. The Kier molecular flexibility index (Phi) is 6.43. The number of carbonyl (C=O) groups excluding carboxylic acids is 2. The lowest BCUT2D eigenvalue weighted by Gasteiger charge is -2.23. The molecule has 0 spiro atoms. The molecule has 11 heteroatoms. The van der Waals surface area contributed by atoms with Gasteiger partial charge in [0.1, 0.15) is 12.4 Å². The van der Waals surface area contributed by atoms with Crippen molar-refractivity contribution in [1.82, 2.24) is 20.3 Å². The third-order valence-electron chi connectivity index (χ3n) is 5.38. The first-order chi connectivity index (χ1) is 16.6. The molecular weight excluding hydrogens is 456 g/mol. The van der Waals surface area contributed by atoms with Crippen LogP contribution in [0.15, 0.2) is 58.3 Å². The standard InChI is InChI=1S/C23H22N6O4S/c30-21-19(34-23(31)27-21)13-16-14-20(33-15-18-3-1-12-32-18)26-22(25-16)29-9-2-8-28(10-11-29)17-4-6-24-7-5-17/h1,3-7,12-14H,2,8-11,15H2,(H,27,30,31). The molecule has 0 saturated carbocycles. The van der Waals surface area contributed by atoms with Crippen molar-refractivity contribution >= 4 is 40.6 Å². The SMILES string of the molecule is O=C1NC(=O)C(=Cc2cc(OCc3ccco3)nc(N3CCCN(c4ccncc4)CC3)n2)S1. The number of nitrogens with zero attached hydrogens (tertiary/aromatic N) is 5. The van der Waals surface area contributed by atoms with E-state index in [1.807, 2.05) is 18.2 Å². The quantitative estimate of drug-likeness (QED) is 0.530. The molecule has 3 aromatic heterocycles. The van der Waals surface area contributed by atoms with Crippen LogP contribution in [0.3, 0.4) is 0 Å². The molecule has 5 heterocycles. The number of rotatable bonds is 6. The Morgan fingerprint density at radius 2 is 1.91 bits per heavy atom. The molecule has 1 N–H and O–H groups in total. The van der Waals surface area contributed by atoms with Gasteiger partial charge in [0, 0.05) is 50.3 Å². The second-order valence-corrected chi connectivity index (χ2v) is 8.70. The maximum Gasteiger partial charge on any atom is 0.290 e. The zero-order chi connectivity index (χ0) is 23.3. The third-order valence-corrected chi connectivity index (χ3v) is 6.19. The van der Waals surface area contributed by atoms with E-state index in [-0.39, 0.29) is 11.5 Å². The van der Waals surface area contributed by atoms with Crippen LogP contribution in [0.1, 0.15) is 17.9 Å². The molecule has 2 aliphatic heterocycles. The fraction of sp³-hybridized carbons (Fsp3) is 0.261. The molecule has 0 bridgehead atoms. The highest BCUT2D eigenvalue weighted by Gasteiger charge is 2.26. The van der Waals surface area contributed by atoms with E-state index in [4.69, 9.17) is 9.15 Å². The normalized spacial score (nSPS) is 17.7. The van der Waals surface area contributed by atoms with Gasteiger partial charge in [0.2, 0.25) is 11.8 Å². The summed E-state index contributed by atoms with van der Waals surface area (Å²) in [6, 6.07) is 9.27.